The van der Waals surface area contributed by atoms with Crippen LogP contribution >= 0.6 is 0 Å². The van der Waals surface area contributed by atoms with Gasteiger partial charge in [-0.1, -0.05) is 6.07 Å². The Bertz CT molecular complexity index is 610. The molecular weight excluding hydrogens is 306 g/mol. The van der Waals surface area contributed by atoms with Gasteiger partial charge in [0.25, 0.3) is 0 Å². The maximum absolute atomic E-state index is 12.1. The van der Waals surface area contributed by atoms with Crippen LogP contribution in [-0.4, -0.2) is 61.1 Å². The smallest absolute Gasteiger partial charge is 0.317 e. The Kier molecular flexibility index (Phi) is 5.23. The van der Waals surface area contributed by atoms with E-state index in [1.807, 2.05) is 6.07 Å². The molecule has 1 fully saturated rings. The summed E-state index contributed by atoms with van der Waals surface area (Å²) in [7, 11) is 0. The highest BCUT2D eigenvalue weighted by Crippen LogP contribution is 2.25. The first-order valence-corrected chi connectivity index (χ1v) is 8.66. The van der Waals surface area contributed by atoms with Gasteiger partial charge in [-0.05, 0) is 42.5 Å². The van der Waals surface area contributed by atoms with E-state index in [4.69, 9.17) is 4.74 Å². The largest absolute Gasteiger partial charge is 0.492 e. The molecule has 1 aromatic rings. The third kappa shape index (κ3) is 3.99. The highest BCUT2D eigenvalue weighted by molar-refractivity contribution is 5.76. The van der Waals surface area contributed by atoms with Crippen LogP contribution in [0.1, 0.15) is 24.5 Å². The number of carbonyl (C=O) groups excluding carboxylic acids is 2. The number of nitrogens with zero attached hydrogens (tertiary/aromatic N) is 2. The Morgan fingerprint density at radius 1 is 1.08 bits per heavy atom. The fourth-order valence-corrected chi connectivity index (χ4v) is 3.30. The maximum Gasteiger partial charge on any atom is 0.317 e. The first-order chi connectivity index (χ1) is 11.6. The third-order valence-electron chi connectivity index (χ3n) is 4.73. The van der Waals surface area contributed by atoms with Gasteiger partial charge in [0.2, 0.25) is 5.91 Å². The zero-order valence-electron chi connectivity index (χ0n) is 14.2. The molecule has 1 saturated heterocycles. The molecule has 0 bridgehead atoms. The molecule has 1 aliphatic heterocycles. The topological polar surface area (TPSA) is 61.9 Å². The van der Waals surface area contributed by atoms with E-state index in [0.717, 1.165) is 12.2 Å². The molecule has 3 amide bonds. The van der Waals surface area contributed by atoms with Crippen molar-refractivity contribution in [1.82, 2.24) is 15.1 Å². The molecule has 130 valence electrons. The highest BCUT2D eigenvalue weighted by atomic mass is 16.5. The molecule has 24 heavy (non-hydrogen) atoms. The summed E-state index contributed by atoms with van der Waals surface area (Å²) in [5, 5.41) is 2.88. The summed E-state index contributed by atoms with van der Waals surface area (Å²) >= 11 is 0. The molecule has 3 rings (SSSR count). The summed E-state index contributed by atoms with van der Waals surface area (Å²) in [6.45, 7) is 4.86. The lowest BCUT2D eigenvalue weighted by Crippen LogP contribution is -2.53. The molecule has 0 unspecified atom stereocenters. The summed E-state index contributed by atoms with van der Waals surface area (Å²) in [4.78, 5) is 26.9. The molecule has 0 saturated carbocycles. The summed E-state index contributed by atoms with van der Waals surface area (Å²) in [6, 6.07) is 6.18. The van der Waals surface area contributed by atoms with E-state index in [9.17, 15) is 9.59 Å². The van der Waals surface area contributed by atoms with E-state index in [1.54, 1.807) is 16.7 Å². The number of benzene rings is 1. The van der Waals surface area contributed by atoms with Crippen molar-refractivity contribution in [3.05, 3.63) is 29.3 Å². The highest BCUT2D eigenvalue weighted by Gasteiger charge is 2.21. The van der Waals surface area contributed by atoms with Crippen LogP contribution in [0.25, 0.3) is 0 Å². The number of ether oxygens (including phenoxy) is 1. The van der Waals surface area contributed by atoms with Crippen molar-refractivity contribution in [2.75, 3.05) is 39.3 Å². The molecule has 1 aliphatic carbocycles. The minimum absolute atomic E-state index is 0.0674. The van der Waals surface area contributed by atoms with Gasteiger partial charge >= 0.3 is 6.03 Å². The number of hydrogen-bond donors (Lipinski definition) is 1. The normalized spacial score (nSPS) is 16.7. The molecular formula is C18H25N3O3. The van der Waals surface area contributed by atoms with Crippen molar-refractivity contribution in [2.24, 2.45) is 0 Å². The minimum atomic E-state index is -0.0873. The second kappa shape index (κ2) is 7.55. The van der Waals surface area contributed by atoms with Gasteiger partial charge in [-0.25, -0.2) is 4.79 Å². The second-order valence-corrected chi connectivity index (χ2v) is 6.36. The maximum atomic E-state index is 12.1. The van der Waals surface area contributed by atoms with Crippen LogP contribution in [0.3, 0.4) is 0 Å². The molecule has 0 radical (unpaired) electrons. The van der Waals surface area contributed by atoms with E-state index >= 15 is 0 Å². The number of fused-ring (bicyclic) bond motifs is 1. The lowest BCUT2D eigenvalue weighted by atomic mass is 10.1. The molecule has 1 N–H and O–H groups in total. The lowest BCUT2D eigenvalue weighted by Gasteiger charge is -2.34. The van der Waals surface area contributed by atoms with Crippen molar-refractivity contribution in [2.45, 2.75) is 26.2 Å². The van der Waals surface area contributed by atoms with Crippen LogP contribution in [0.2, 0.25) is 0 Å². The van der Waals surface area contributed by atoms with Gasteiger partial charge in [0.1, 0.15) is 12.4 Å². The first-order valence-electron chi connectivity index (χ1n) is 8.66. The molecule has 0 atom stereocenters. The molecule has 0 aromatic heterocycles. The monoisotopic (exact) mass is 331 g/mol. The number of amides is 3. The Balaban J connectivity index is 1.36. The predicted molar refractivity (Wildman–Crippen MR) is 91.2 cm³/mol. The number of hydrogen-bond acceptors (Lipinski definition) is 3. The number of rotatable bonds is 4. The summed E-state index contributed by atoms with van der Waals surface area (Å²) in [6.07, 6.45) is 3.53. The number of piperazine rings is 1. The van der Waals surface area contributed by atoms with E-state index in [0.29, 0.717) is 39.3 Å². The van der Waals surface area contributed by atoms with Crippen LogP contribution in [0, 0.1) is 0 Å². The number of aryl methyl sites for hydroxylation is 2. The summed E-state index contributed by atoms with van der Waals surface area (Å²) in [5.74, 6) is 0.942. The number of urea groups is 1. The number of nitrogens with one attached hydrogen (secondary N) is 1. The molecule has 2 aliphatic rings. The van der Waals surface area contributed by atoms with Gasteiger partial charge in [-0.3, -0.25) is 4.79 Å². The molecule has 1 aromatic carbocycles. The van der Waals surface area contributed by atoms with Gasteiger partial charge in [-0.2, -0.15) is 0 Å². The van der Waals surface area contributed by atoms with Crippen molar-refractivity contribution >= 4 is 11.9 Å². The standard InChI is InChI=1S/C18H25N3O3/c1-14(22)20-8-10-21(11-9-20)18(23)19-7-12-24-17-6-5-15-3-2-4-16(15)13-17/h5-6,13H,2-4,7-12H2,1H3,(H,19,23). The lowest BCUT2D eigenvalue weighted by molar-refractivity contribution is -0.130. The van der Waals surface area contributed by atoms with Crippen LogP contribution in [0.15, 0.2) is 18.2 Å². The number of carbonyl (C=O) groups is 2. The van der Waals surface area contributed by atoms with Crippen LogP contribution in [-0.2, 0) is 17.6 Å². The Morgan fingerprint density at radius 3 is 2.54 bits per heavy atom. The summed E-state index contributed by atoms with van der Waals surface area (Å²) in [5.41, 5.74) is 2.82. The van der Waals surface area contributed by atoms with Crippen LogP contribution in [0.4, 0.5) is 4.79 Å². The van der Waals surface area contributed by atoms with E-state index in [1.165, 1.54) is 24.0 Å². The Morgan fingerprint density at radius 2 is 1.79 bits per heavy atom. The zero-order valence-corrected chi connectivity index (χ0v) is 14.2. The fourth-order valence-electron chi connectivity index (χ4n) is 3.30. The van der Waals surface area contributed by atoms with Gasteiger partial charge in [0.05, 0.1) is 6.54 Å². The van der Waals surface area contributed by atoms with Crippen LogP contribution in [0.5, 0.6) is 5.75 Å². The van der Waals surface area contributed by atoms with E-state index in [-0.39, 0.29) is 11.9 Å². The minimum Gasteiger partial charge on any atom is -0.492 e. The van der Waals surface area contributed by atoms with Crippen molar-refractivity contribution < 1.29 is 14.3 Å². The molecule has 1 heterocycles. The molecule has 6 heteroatoms. The van der Waals surface area contributed by atoms with Crippen LogP contribution < -0.4 is 10.1 Å². The Hall–Kier alpha value is -2.24. The van der Waals surface area contributed by atoms with Crippen molar-refractivity contribution in [3.63, 3.8) is 0 Å². The second-order valence-electron chi connectivity index (χ2n) is 6.36. The van der Waals surface area contributed by atoms with Gasteiger partial charge in [0.15, 0.2) is 0 Å². The zero-order chi connectivity index (χ0) is 16.9. The van der Waals surface area contributed by atoms with Gasteiger partial charge in [-0.15, -0.1) is 0 Å². The van der Waals surface area contributed by atoms with Crippen molar-refractivity contribution in [1.29, 1.82) is 0 Å². The molecule has 0 spiro atoms. The predicted octanol–water partition coefficient (Wildman–Crippen LogP) is 1.43. The van der Waals surface area contributed by atoms with E-state index < -0.39 is 0 Å². The third-order valence-corrected chi connectivity index (χ3v) is 4.73. The van der Waals surface area contributed by atoms with Gasteiger partial charge in [0, 0.05) is 33.1 Å². The average molecular weight is 331 g/mol. The average Bonchev–Trinajstić information content (AvgIpc) is 3.06. The molecule has 6 nitrogen and oxygen atoms in total. The Labute approximate surface area is 142 Å². The quantitative estimate of drug-likeness (QED) is 0.849. The van der Waals surface area contributed by atoms with Crippen molar-refractivity contribution in [3.8, 4) is 5.75 Å². The SMILES string of the molecule is CC(=O)N1CCN(C(=O)NCCOc2ccc3c(c2)CCC3)CC1. The first kappa shape index (κ1) is 16.6. The summed E-state index contributed by atoms with van der Waals surface area (Å²) < 4.78 is 5.73. The van der Waals surface area contributed by atoms with E-state index in [2.05, 4.69) is 17.4 Å². The fraction of sp³-hybridized carbons (Fsp3) is 0.556. The van der Waals surface area contributed by atoms with Gasteiger partial charge < -0.3 is 19.9 Å².